The predicted molar refractivity (Wildman–Crippen MR) is 130 cm³/mol. The summed E-state index contributed by atoms with van der Waals surface area (Å²) in [5, 5.41) is 5.08. The largest absolute Gasteiger partial charge is 0.378 e. The van der Waals surface area contributed by atoms with Crippen LogP contribution in [0.3, 0.4) is 0 Å². The first-order chi connectivity index (χ1) is 15.7. The highest BCUT2D eigenvalue weighted by atomic mass is 16.2. The summed E-state index contributed by atoms with van der Waals surface area (Å²) >= 11 is 0. The number of carbonyl (C=O) groups excluding carboxylic acids is 1. The summed E-state index contributed by atoms with van der Waals surface area (Å²) < 4.78 is 0. The van der Waals surface area contributed by atoms with Crippen LogP contribution in [0.15, 0.2) is 91.1 Å². The number of fused-ring (bicyclic) bond motifs is 4. The number of para-hydroxylation sites is 2. The van der Waals surface area contributed by atoms with E-state index in [-0.39, 0.29) is 11.9 Å². The van der Waals surface area contributed by atoms with Gasteiger partial charge in [-0.05, 0) is 59.9 Å². The lowest BCUT2D eigenvalue weighted by atomic mass is 9.76. The van der Waals surface area contributed by atoms with Gasteiger partial charge in [-0.3, -0.25) is 4.79 Å². The first-order valence-electron chi connectivity index (χ1n) is 11.2. The van der Waals surface area contributed by atoms with Gasteiger partial charge in [0.25, 0.3) is 5.91 Å². The van der Waals surface area contributed by atoms with Crippen LogP contribution in [0.2, 0.25) is 0 Å². The number of allylic oxidation sites excluding steroid dienone is 2. The van der Waals surface area contributed by atoms with Gasteiger partial charge < -0.3 is 15.2 Å². The molecule has 0 bridgehead atoms. The molecule has 3 unspecified atom stereocenters. The average molecular weight is 420 g/mol. The number of amides is 1. The normalized spacial score (nSPS) is 21.1. The fourth-order valence-electron chi connectivity index (χ4n) is 5.35. The lowest BCUT2D eigenvalue weighted by molar-refractivity contribution is 0.0993. The molecule has 0 saturated carbocycles. The summed E-state index contributed by atoms with van der Waals surface area (Å²) in [6, 6.07) is 24.6. The van der Waals surface area contributed by atoms with Crippen LogP contribution in [0, 0.1) is 5.92 Å². The maximum Gasteiger partial charge on any atom is 0.258 e. The van der Waals surface area contributed by atoms with Crippen molar-refractivity contribution in [1.29, 1.82) is 0 Å². The Morgan fingerprint density at radius 3 is 2.66 bits per heavy atom. The van der Waals surface area contributed by atoms with Gasteiger partial charge in [0, 0.05) is 47.0 Å². The van der Waals surface area contributed by atoms with E-state index < -0.39 is 0 Å². The Bertz CT molecular complexity index is 1340. The molecule has 3 atom stereocenters. The minimum absolute atomic E-state index is 0.0104. The maximum absolute atomic E-state index is 13.2. The first kappa shape index (κ1) is 18.9. The molecule has 0 radical (unpaired) electrons. The van der Waals surface area contributed by atoms with Gasteiger partial charge in [0.2, 0.25) is 0 Å². The molecule has 1 aliphatic heterocycles. The first-order valence-corrected chi connectivity index (χ1v) is 11.2. The van der Waals surface area contributed by atoms with Gasteiger partial charge in [-0.1, -0.05) is 48.6 Å². The molecule has 0 saturated heterocycles. The van der Waals surface area contributed by atoms with E-state index in [0.29, 0.717) is 11.8 Å². The Morgan fingerprint density at radius 1 is 0.969 bits per heavy atom. The number of rotatable bonds is 3. The highest BCUT2D eigenvalue weighted by molar-refractivity contribution is 6.06. The van der Waals surface area contributed by atoms with E-state index in [4.69, 9.17) is 0 Å². The van der Waals surface area contributed by atoms with E-state index in [1.165, 1.54) is 22.0 Å². The van der Waals surface area contributed by atoms with Crippen LogP contribution in [0.4, 0.5) is 11.4 Å². The summed E-state index contributed by atoms with van der Waals surface area (Å²) in [5.41, 5.74) is 6.43. The zero-order valence-electron chi connectivity index (χ0n) is 18.0. The van der Waals surface area contributed by atoms with E-state index in [1.807, 2.05) is 43.4 Å². The van der Waals surface area contributed by atoms with Crippen LogP contribution >= 0.6 is 0 Å². The number of carbonyl (C=O) groups is 1. The Balaban J connectivity index is 1.36. The molecule has 3 aromatic carbocycles. The van der Waals surface area contributed by atoms with Crippen molar-refractivity contribution in [2.75, 3.05) is 17.3 Å². The fraction of sp³-hybridized carbons (Fsp3) is 0.179. The minimum Gasteiger partial charge on any atom is -0.378 e. The third-order valence-corrected chi connectivity index (χ3v) is 7.01. The monoisotopic (exact) mass is 419 g/mol. The van der Waals surface area contributed by atoms with E-state index in [9.17, 15) is 4.79 Å². The SMILES string of the molecule is CN(C(=O)c1ccc2c(c1)C1C=CCC1C(c1c[nH]c3ccccc13)N2)c1ccccc1. The summed E-state index contributed by atoms with van der Waals surface area (Å²) in [6.45, 7) is 0. The number of nitrogens with one attached hydrogen (secondary N) is 2. The molecule has 158 valence electrons. The van der Waals surface area contributed by atoms with E-state index in [0.717, 1.165) is 23.4 Å². The molecule has 2 N–H and O–H groups in total. The van der Waals surface area contributed by atoms with Crippen LogP contribution in [0.1, 0.15) is 39.9 Å². The smallest absolute Gasteiger partial charge is 0.258 e. The number of hydrogen-bond donors (Lipinski definition) is 2. The molecule has 1 aromatic heterocycles. The van der Waals surface area contributed by atoms with Crippen molar-refractivity contribution in [2.45, 2.75) is 18.4 Å². The van der Waals surface area contributed by atoms with Gasteiger partial charge in [0.05, 0.1) is 6.04 Å². The molecule has 2 aliphatic rings. The maximum atomic E-state index is 13.2. The van der Waals surface area contributed by atoms with Crippen molar-refractivity contribution < 1.29 is 4.79 Å². The van der Waals surface area contributed by atoms with Gasteiger partial charge in [-0.25, -0.2) is 0 Å². The second-order valence-electron chi connectivity index (χ2n) is 8.77. The fourth-order valence-corrected chi connectivity index (χ4v) is 5.35. The molecule has 6 rings (SSSR count). The number of nitrogens with zero attached hydrogens (tertiary/aromatic N) is 1. The molecule has 0 spiro atoms. The average Bonchev–Trinajstić information content (AvgIpc) is 3.51. The van der Waals surface area contributed by atoms with Crippen molar-refractivity contribution in [3.8, 4) is 0 Å². The van der Waals surface area contributed by atoms with Crippen LogP contribution in [0.25, 0.3) is 10.9 Å². The Labute approximate surface area is 187 Å². The van der Waals surface area contributed by atoms with Gasteiger partial charge >= 0.3 is 0 Å². The second-order valence-corrected chi connectivity index (χ2v) is 8.77. The van der Waals surface area contributed by atoms with Crippen molar-refractivity contribution in [3.63, 3.8) is 0 Å². The van der Waals surface area contributed by atoms with Gasteiger partial charge in [0.1, 0.15) is 0 Å². The van der Waals surface area contributed by atoms with Crippen molar-refractivity contribution in [2.24, 2.45) is 5.92 Å². The molecule has 2 heterocycles. The molecular weight excluding hydrogens is 394 g/mol. The highest BCUT2D eigenvalue weighted by Gasteiger charge is 2.39. The lowest BCUT2D eigenvalue weighted by Crippen LogP contribution is -2.30. The van der Waals surface area contributed by atoms with Crippen molar-refractivity contribution in [1.82, 2.24) is 4.98 Å². The molecule has 4 aromatic rings. The molecule has 1 amide bonds. The summed E-state index contributed by atoms with van der Waals surface area (Å²) in [7, 11) is 1.83. The third-order valence-electron chi connectivity index (χ3n) is 7.01. The number of anilines is 2. The third kappa shape index (κ3) is 2.94. The van der Waals surface area contributed by atoms with Gasteiger partial charge in [-0.2, -0.15) is 0 Å². The predicted octanol–water partition coefficient (Wildman–Crippen LogP) is 6.27. The highest BCUT2D eigenvalue weighted by Crippen LogP contribution is 2.50. The molecule has 4 nitrogen and oxygen atoms in total. The molecule has 32 heavy (non-hydrogen) atoms. The van der Waals surface area contributed by atoms with Gasteiger partial charge in [-0.15, -0.1) is 0 Å². The van der Waals surface area contributed by atoms with Crippen LogP contribution in [-0.4, -0.2) is 17.9 Å². The summed E-state index contributed by atoms with van der Waals surface area (Å²) in [6.07, 6.45) is 7.79. The van der Waals surface area contributed by atoms with Crippen LogP contribution in [0.5, 0.6) is 0 Å². The van der Waals surface area contributed by atoms with Crippen molar-refractivity contribution >= 4 is 28.2 Å². The zero-order valence-corrected chi connectivity index (χ0v) is 18.0. The standard InChI is InChI=1S/C28H25N3O/c1-31(19-8-3-2-4-9-19)28(32)18-14-15-26-23(16-18)20-11-7-12-22(20)27(30-26)24-17-29-25-13-6-5-10-21(24)25/h2-11,13-17,20,22,27,29-30H,12H2,1H3. The number of aromatic nitrogens is 1. The second kappa shape index (κ2) is 7.41. The Kier molecular flexibility index (Phi) is 4.39. The van der Waals surface area contributed by atoms with Crippen LogP contribution in [-0.2, 0) is 0 Å². The number of aromatic amines is 1. The lowest BCUT2D eigenvalue weighted by Gasteiger charge is -2.37. The molecule has 4 heteroatoms. The van der Waals surface area contributed by atoms with Gasteiger partial charge in [0.15, 0.2) is 0 Å². The van der Waals surface area contributed by atoms with E-state index in [1.54, 1.807) is 4.90 Å². The number of benzene rings is 3. The molecule has 0 fully saturated rings. The molecule has 1 aliphatic carbocycles. The Hall–Kier alpha value is -3.79. The summed E-state index contributed by atoms with van der Waals surface area (Å²) in [5.74, 6) is 0.745. The Morgan fingerprint density at radius 2 is 1.78 bits per heavy atom. The minimum atomic E-state index is 0.0104. The quantitative estimate of drug-likeness (QED) is 0.385. The number of H-pyrrole nitrogens is 1. The molecular formula is C28H25N3O. The van der Waals surface area contributed by atoms with Crippen molar-refractivity contribution in [3.05, 3.63) is 108 Å². The van der Waals surface area contributed by atoms with E-state index in [2.05, 4.69) is 65.0 Å². The zero-order chi connectivity index (χ0) is 21.7. The number of hydrogen-bond acceptors (Lipinski definition) is 2. The summed E-state index contributed by atoms with van der Waals surface area (Å²) in [4.78, 5) is 18.4. The van der Waals surface area contributed by atoms with E-state index >= 15 is 0 Å². The van der Waals surface area contributed by atoms with Crippen LogP contribution < -0.4 is 10.2 Å². The topological polar surface area (TPSA) is 48.1 Å².